The molecule has 0 aliphatic heterocycles. The molecule has 0 saturated carbocycles. The van der Waals surface area contributed by atoms with Gasteiger partial charge in [-0.25, -0.2) is 0 Å². The molecule has 1 N–H and O–H groups in total. The van der Waals surface area contributed by atoms with Crippen molar-refractivity contribution < 1.29 is 4.74 Å². The zero-order valence-corrected chi connectivity index (χ0v) is 10.6. The minimum Gasteiger partial charge on any atom is -0.497 e. The fourth-order valence-corrected chi connectivity index (χ4v) is 2.22. The zero-order valence-electron chi connectivity index (χ0n) is 9.83. The molecule has 0 bridgehead atoms. The third-order valence-corrected chi connectivity index (χ3v) is 3.18. The van der Waals surface area contributed by atoms with Crippen LogP contribution in [0.5, 0.6) is 5.75 Å². The fourth-order valence-electron chi connectivity index (χ4n) is 1.20. The van der Waals surface area contributed by atoms with Crippen LogP contribution >= 0.6 is 11.8 Å². The number of ether oxygens (including phenoxy) is 1. The molecule has 2 nitrogen and oxygen atoms in total. The molecule has 1 aromatic carbocycles. The summed E-state index contributed by atoms with van der Waals surface area (Å²) in [5.41, 5.74) is 1.27. The summed E-state index contributed by atoms with van der Waals surface area (Å²) in [7, 11) is 1.70. The maximum Gasteiger partial charge on any atom is 0.119 e. The predicted molar refractivity (Wildman–Crippen MR) is 66.7 cm³/mol. The van der Waals surface area contributed by atoms with Gasteiger partial charge < -0.3 is 10.1 Å². The topological polar surface area (TPSA) is 21.3 Å². The van der Waals surface area contributed by atoms with Crippen molar-refractivity contribution in [3.05, 3.63) is 23.8 Å². The lowest BCUT2D eigenvalue weighted by Gasteiger charge is -2.10. The van der Waals surface area contributed by atoms with Crippen LogP contribution in [-0.4, -0.2) is 19.0 Å². The monoisotopic (exact) mass is 225 g/mol. The van der Waals surface area contributed by atoms with Crippen LogP contribution in [0.15, 0.2) is 23.1 Å². The van der Waals surface area contributed by atoms with Crippen LogP contribution in [-0.2, 0) is 0 Å². The van der Waals surface area contributed by atoms with Gasteiger partial charge in [0, 0.05) is 16.8 Å². The van der Waals surface area contributed by atoms with Gasteiger partial charge in [0.2, 0.25) is 0 Å². The van der Waals surface area contributed by atoms with Crippen LogP contribution in [0.1, 0.15) is 19.4 Å². The molecule has 15 heavy (non-hydrogen) atoms. The Bertz CT molecular complexity index is 312. The second-order valence-electron chi connectivity index (χ2n) is 3.78. The van der Waals surface area contributed by atoms with E-state index in [9.17, 15) is 0 Å². The van der Waals surface area contributed by atoms with Crippen LogP contribution in [0.4, 0.5) is 0 Å². The van der Waals surface area contributed by atoms with Gasteiger partial charge >= 0.3 is 0 Å². The first kappa shape index (κ1) is 12.4. The Hall–Kier alpha value is -0.670. The molecule has 84 valence electrons. The lowest BCUT2D eigenvalue weighted by atomic mass is 10.2. The van der Waals surface area contributed by atoms with Gasteiger partial charge in [-0.15, -0.1) is 11.8 Å². The number of thioether (sulfide) groups is 1. The second kappa shape index (κ2) is 6.03. The Morgan fingerprint density at radius 1 is 1.40 bits per heavy atom. The van der Waals surface area contributed by atoms with E-state index >= 15 is 0 Å². The van der Waals surface area contributed by atoms with Gasteiger partial charge in [-0.1, -0.05) is 13.8 Å². The molecule has 0 amide bonds. The van der Waals surface area contributed by atoms with Crippen molar-refractivity contribution in [1.82, 2.24) is 5.32 Å². The number of benzene rings is 1. The number of hydrogen-bond acceptors (Lipinski definition) is 3. The molecule has 0 fully saturated rings. The molecular weight excluding hydrogens is 206 g/mol. The Morgan fingerprint density at radius 2 is 2.13 bits per heavy atom. The van der Waals surface area contributed by atoms with E-state index in [0.29, 0.717) is 6.04 Å². The van der Waals surface area contributed by atoms with Crippen LogP contribution in [0.3, 0.4) is 0 Å². The summed E-state index contributed by atoms with van der Waals surface area (Å²) in [6, 6.07) is 6.72. The number of methoxy groups -OCH3 is 1. The molecule has 0 spiro atoms. The summed E-state index contributed by atoms with van der Waals surface area (Å²) < 4.78 is 5.17. The number of rotatable bonds is 5. The maximum atomic E-state index is 5.17. The summed E-state index contributed by atoms with van der Waals surface area (Å²) >= 11 is 1.83. The highest BCUT2D eigenvalue weighted by molar-refractivity contribution is 7.99. The SMILES string of the molecule is COc1ccc(SCNC(C)C)c(C)c1. The summed E-state index contributed by atoms with van der Waals surface area (Å²) in [6.45, 7) is 6.42. The van der Waals surface area contributed by atoms with Crippen LogP contribution in [0.25, 0.3) is 0 Å². The summed E-state index contributed by atoms with van der Waals surface area (Å²) in [4.78, 5) is 1.31. The summed E-state index contributed by atoms with van der Waals surface area (Å²) in [5.74, 6) is 1.87. The van der Waals surface area contributed by atoms with Crippen LogP contribution in [0.2, 0.25) is 0 Å². The molecule has 3 heteroatoms. The highest BCUT2D eigenvalue weighted by Crippen LogP contribution is 2.25. The minimum atomic E-state index is 0.538. The normalized spacial score (nSPS) is 10.7. The first-order valence-corrected chi connectivity index (χ1v) is 6.13. The van der Waals surface area contributed by atoms with Gasteiger partial charge in [0.25, 0.3) is 0 Å². The fraction of sp³-hybridized carbons (Fsp3) is 0.500. The van der Waals surface area contributed by atoms with Crippen molar-refractivity contribution in [2.75, 3.05) is 13.0 Å². The third-order valence-electron chi connectivity index (χ3n) is 2.10. The Morgan fingerprint density at radius 3 is 2.67 bits per heavy atom. The van der Waals surface area contributed by atoms with Crippen molar-refractivity contribution in [2.24, 2.45) is 0 Å². The molecule has 0 radical (unpaired) electrons. The molecule has 0 aromatic heterocycles. The third kappa shape index (κ3) is 4.14. The largest absolute Gasteiger partial charge is 0.497 e. The number of aryl methyl sites for hydroxylation is 1. The second-order valence-corrected chi connectivity index (χ2v) is 4.80. The van der Waals surface area contributed by atoms with E-state index in [2.05, 4.69) is 38.2 Å². The average Bonchev–Trinajstić information content (AvgIpc) is 2.20. The molecule has 0 aliphatic rings. The van der Waals surface area contributed by atoms with Gasteiger partial charge in [-0.2, -0.15) is 0 Å². The van der Waals surface area contributed by atoms with E-state index in [1.54, 1.807) is 7.11 Å². The van der Waals surface area contributed by atoms with Gasteiger partial charge in [-0.05, 0) is 30.7 Å². The van der Waals surface area contributed by atoms with Gasteiger partial charge in [0.15, 0.2) is 0 Å². The molecular formula is C12H19NOS. The van der Waals surface area contributed by atoms with E-state index in [1.807, 2.05) is 17.8 Å². The first-order chi connectivity index (χ1) is 7.13. The van der Waals surface area contributed by atoms with Crippen molar-refractivity contribution >= 4 is 11.8 Å². The molecule has 1 rings (SSSR count). The quantitative estimate of drug-likeness (QED) is 0.615. The predicted octanol–water partition coefficient (Wildman–Crippen LogP) is 3.05. The van der Waals surface area contributed by atoms with Crippen LogP contribution in [0, 0.1) is 6.92 Å². The van der Waals surface area contributed by atoms with Crippen molar-refractivity contribution in [1.29, 1.82) is 0 Å². The Labute approximate surface area is 96.4 Å². The van der Waals surface area contributed by atoms with Crippen molar-refractivity contribution in [3.8, 4) is 5.75 Å². The van der Waals surface area contributed by atoms with Gasteiger partial charge in [-0.3, -0.25) is 0 Å². The van der Waals surface area contributed by atoms with Gasteiger partial charge in [0.05, 0.1) is 7.11 Å². The highest BCUT2D eigenvalue weighted by Gasteiger charge is 2.01. The average molecular weight is 225 g/mol. The molecule has 1 aromatic rings. The van der Waals surface area contributed by atoms with E-state index in [0.717, 1.165) is 11.6 Å². The highest BCUT2D eigenvalue weighted by atomic mass is 32.2. The van der Waals surface area contributed by atoms with Crippen molar-refractivity contribution in [3.63, 3.8) is 0 Å². The van der Waals surface area contributed by atoms with Crippen molar-refractivity contribution in [2.45, 2.75) is 31.7 Å². The van der Waals surface area contributed by atoms with E-state index < -0.39 is 0 Å². The van der Waals surface area contributed by atoms with Crippen LogP contribution < -0.4 is 10.1 Å². The van der Waals surface area contributed by atoms with E-state index in [1.165, 1.54) is 10.5 Å². The summed E-state index contributed by atoms with van der Waals surface area (Å²) in [5, 5.41) is 3.38. The number of nitrogens with one attached hydrogen (secondary N) is 1. The van der Waals surface area contributed by atoms with E-state index in [4.69, 9.17) is 4.74 Å². The Balaban J connectivity index is 2.54. The molecule has 0 aliphatic carbocycles. The summed E-state index contributed by atoms with van der Waals surface area (Å²) in [6.07, 6.45) is 0. The van der Waals surface area contributed by atoms with Gasteiger partial charge in [0.1, 0.15) is 5.75 Å². The lowest BCUT2D eigenvalue weighted by Crippen LogP contribution is -2.21. The Kier molecular flexibility index (Phi) is 4.99. The lowest BCUT2D eigenvalue weighted by molar-refractivity contribution is 0.414. The first-order valence-electron chi connectivity index (χ1n) is 5.14. The zero-order chi connectivity index (χ0) is 11.3. The number of hydrogen-bond donors (Lipinski definition) is 1. The smallest absolute Gasteiger partial charge is 0.119 e. The van der Waals surface area contributed by atoms with E-state index in [-0.39, 0.29) is 0 Å². The molecule has 0 saturated heterocycles. The maximum absolute atomic E-state index is 5.17. The molecule has 0 heterocycles. The molecule has 0 unspecified atom stereocenters. The minimum absolute atomic E-state index is 0.538. The molecule has 0 atom stereocenters. The standard InChI is InChI=1S/C12H19NOS/c1-9(2)13-8-15-12-6-5-11(14-4)7-10(12)3/h5-7,9,13H,8H2,1-4H3.